The van der Waals surface area contributed by atoms with E-state index in [1.54, 1.807) is 4.90 Å². The summed E-state index contributed by atoms with van der Waals surface area (Å²) in [6.45, 7) is 6.08. The van der Waals surface area contributed by atoms with Gasteiger partial charge in [0.15, 0.2) is 0 Å². The molecule has 2 amide bonds. The number of anilines is 1. The van der Waals surface area contributed by atoms with Gasteiger partial charge in [-0.2, -0.15) is 0 Å². The predicted octanol–water partition coefficient (Wildman–Crippen LogP) is 4.91. The fourth-order valence-corrected chi connectivity index (χ4v) is 5.13. The normalized spacial score (nSPS) is 18.4. The van der Waals surface area contributed by atoms with E-state index < -0.39 is 0 Å². The van der Waals surface area contributed by atoms with Crippen LogP contribution >= 0.6 is 0 Å². The number of carbonyl (C=O) groups is 2. The van der Waals surface area contributed by atoms with Gasteiger partial charge in [0.25, 0.3) is 5.91 Å². The van der Waals surface area contributed by atoms with Crippen molar-refractivity contribution >= 4 is 17.5 Å². The Morgan fingerprint density at radius 1 is 1.03 bits per heavy atom. The number of likely N-dealkylation sites (tertiary alicyclic amines) is 1. The van der Waals surface area contributed by atoms with Gasteiger partial charge in [0.05, 0.1) is 5.69 Å². The first-order valence-corrected chi connectivity index (χ1v) is 12.1. The minimum absolute atomic E-state index is 0.0149. The molecule has 3 heterocycles. The molecule has 2 fully saturated rings. The molecule has 1 aromatic heterocycles. The smallest absolute Gasteiger partial charge is 0.253 e. The Morgan fingerprint density at radius 3 is 2.68 bits per heavy atom. The lowest BCUT2D eigenvalue weighted by Crippen LogP contribution is -2.39. The van der Waals surface area contributed by atoms with Crippen LogP contribution in [0.4, 0.5) is 5.69 Å². The zero-order valence-corrected chi connectivity index (χ0v) is 19.8. The summed E-state index contributed by atoms with van der Waals surface area (Å²) >= 11 is 0. The number of piperidine rings is 1. The summed E-state index contributed by atoms with van der Waals surface area (Å²) in [6.07, 6.45) is 5.28. The lowest BCUT2D eigenvalue weighted by Gasteiger charge is -2.33. The lowest BCUT2D eigenvalue weighted by atomic mass is 9.89. The first-order chi connectivity index (χ1) is 16.5. The summed E-state index contributed by atoms with van der Waals surface area (Å²) < 4.78 is 0. The maximum Gasteiger partial charge on any atom is 0.253 e. The fraction of sp³-hybridized carbons (Fsp3) is 0.357. The molecule has 3 aromatic rings. The Bertz CT molecular complexity index is 1240. The summed E-state index contributed by atoms with van der Waals surface area (Å²) in [5, 5.41) is 0. The minimum atomic E-state index is 0.0149. The van der Waals surface area contributed by atoms with E-state index in [1.165, 1.54) is 5.56 Å². The molecule has 2 aliphatic rings. The lowest BCUT2D eigenvalue weighted by molar-refractivity contribution is -0.117. The third-order valence-electron chi connectivity index (χ3n) is 6.84. The number of aryl methyl sites for hydroxylation is 2. The second-order valence-corrected chi connectivity index (χ2v) is 9.38. The summed E-state index contributed by atoms with van der Waals surface area (Å²) in [6, 6.07) is 15.9. The fourth-order valence-electron chi connectivity index (χ4n) is 5.13. The van der Waals surface area contributed by atoms with Gasteiger partial charge in [-0.3, -0.25) is 9.59 Å². The molecule has 2 saturated heterocycles. The number of nitrogens with zero attached hydrogens (tertiary/aromatic N) is 4. The zero-order valence-electron chi connectivity index (χ0n) is 19.8. The third-order valence-corrected chi connectivity index (χ3v) is 6.84. The molecule has 0 saturated carbocycles. The van der Waals surface area contributed by atoms with Crippen molar-refractivity contribution in [3.8, 4) is 11.1 Å². The standard InChI is InChI=1S/C28H30N4O2/c1-19-7-3-8-21(15-19)25-17-29-20(2)30-27(25)23-10-5-13-31(18-23)28(34)22-9-4-11-24(16-22)32-14-6-12-26(32)33/h3-4,7-9,11,15-17,23H,5-6,10,12-14,18H2,1-2H3/t23-/m0/s1. The van der Waals surface area contributed by atoms with Gasteiger partial charge in [0, 0.05) is 55.0 Å². The van der Waals surface area contributed by atoms with Crippen molar-refractivity contribution in [1.29, 1.82) is 0 Å². The Labute approximate surface area is 200 Å². The van der Waals surface area contributed by atoms with Crippen LogP contribution in [0, 0.1) is 13.8 Å². The molecule has 0 bridgehead atoms. The molecular weight excluding hydrogens is 424 g/mol. The van der Waals surface area contributed by atoms with Crippen LogP contribution < -0.4 is 4.90 Å². The van der Waals surface area contributed by atoms with E-state index in [2.05, 4.69) is 36.2 Å². The molecule has 0 unspecified atom stereocenters. The van der Waals surface area contributed by atoms with Gasteiger partial charge in [0.1, 0.15) is 5.82 Å². The minimum Gasteiger partial charge on any atom is -0.338 e. The van der Waals surface area contributed by atoms with Crippen molar-refractivity contribution in [2.24, 2.45) is 0 Å². The monoisotopic (exact) mass is 454 g/mol. The van der Waals surface area contributed by atoms with Crippen LogP contribution in [0.1, 0.15) is 59.0 Å². The van der Waals surface area contributed by atoms with Gasteiger partial charge in [-0.1, -0.05) is 35.9 Å². The van der Waals surface area contributed by atoms with Crippen molar-refractivity contribution in [1.82, 2.24) is 14.9 Å². The Morgan fingerprint density at radius 2 is 1.88 bits per heavy atom. The number of carbonyl (C=O) groups excluding carboxylic acids is 2. The average molecular weight is 455 g/mol. The van der Waals surface area contributed by atoms with Crippen LogP contribution in [0.2, 0.25) is 0 Å². The maximum atomic E-state index is 13.5. The number of rotatable bonds is 4. The molecule has 5 rings (SSSR count). The quantitative estimate of drug-likeness (QED) is 0.562. The highest BCUT2D eigenvalue weighted by Crippen LogP contribution is 2.34. The van der Waals surface area contributed by atoms with Crippen molar-refractivity contribution in [3.63, 3.8) is 0 Å². The maximum absolute atomic E-state index is 13.5. The molecule has 0 N–H and O–H groups in total. The number of benzene rings is 2. The number of hydrogen-bond acceptors (Lipinski definition) is 4. The van der Waals surface area contributed by atoms with Crippen LogP contribution in [-0.2, 0) is 4.79 Å². The van der Waals surface area contributed by atoms with Gasteiger partial charge < -0.3 is 9.80 Å². The molecule has 2 aromatic carbocycles. The van der Waals surface area contributed by atoms with Gasteiger partial charge in [-0.15, -0.1) is 0 Å². The molecule has 0 spiro atoms. The average Bonchev–Trinajstić information content (AvgIpc) is 3.29. The summed E-state index contributed by atoms with van der Waals surface area (Å²) in [5.74, 6) is 1.04. The summed E-state index contributed by atoms with van der Waals surface area (Å²) in [4.78, 5) is 38.7. The molecule has 174 valence electrons. The van der Waals surface area contributed by atoms with Crippen LogP contribution in [0.5, 0.6) is 0 Å². The van der Waals surface area contributed by atoms with Gasteiger partial charge in [-0.05, 0) is 56.9 Å². The largest absolute Gasteiger partial charge is 0.338 e. The van der Waals surface area contributed by atoms with Gasteiger partial charge in [-0.25, -0.2) is 9.97 Å². The number of amides is 2. The second-order valence-electron chi connectivity index (χ2n) is 9.38. The van der Waals surface area contributed by atoms with Gasteiger partial charge in [0.2, 0.25) is 5.91 Å². The molecule has 6 heteroatoms. The van der Waals surface area contributed by atoms with E-state index in [9.17, 15) is 9.59 Å². The van der Waals surface area contributed by atoms with Crippen molar-refractivity contribution in [3.05, 3.63) is 77.4 Å². The molecule has 34 heavy (non-hydrogen) atoms. The second kappa shape index (κ2) is 9.37. The first-order valence-electron chi connectivity index (χ1n) is 12.1. The van der Waals surface area contributed by atoms with E-state index >= 15 is 0 Å². The van der Waals surface area contributed by atoms with E-state index in [0.29, 0.717) is 18.5 Å². The number of hydrogen-bond donors (Lipinski definition) is 0. The van der Waals surface area contributed by atoms with Crippen molar-refractivity contribution in [2.45, 2.75) is 45.4 Å². The highest BCUT2D eigenvalue weighted by atomic mass is 16.2. The summed E-state index contributed by atoms with van der Waals surface area (Å²) in [7, 11) is 0. The third kappa shape index (κ3) is 4.45. The van der Waals surface area contributed by atoms with E-state index in [4.69, 9.17) is 4.98 Å². The SMILES string of the molecule is Cc1cccc(-c2cnc(C)nc2[C@H]2CCCN(C(=O)c3cccc(N4CCCC4=O)c3)C2)c1. The molecule has 0 aliphatic carbocycles. The Balaban J connectivity index is 1.40. The van der Waals surface area contributed by atoms with Crippen LogP contribution in [0.15, 0.2) is 54.7 Å². The highest BCUT2D eigenvalue weighted by molar-refractivity contribution is 5.99. The van der Waals surface area contributed by atoms with Gasteiger partial charge >= 0.3 is 0 Å². The topological polar surface area (TPSA) is 66.4 Å². The van der Waals surface area contributed by atoms with Crippen molar-refractivity contribution in [2.75, 3.05) is 24.5 Å². The van der Waals surface area contributed by atoms with E-state index in [0.717, 1.165) is 60.7 Å². The predicted molar refractivity (Wildman–Crippen MR) is 133 cm³/mol. The highest BCUT2D eigenvalue weighted by Gasteiger charge is 2.29. The molecular formula is C28H30N4O2. The van der Waals surface area contributed by atoms with Crippen LogP contribution in [0.3, 0.4) is 0 Å². The Hall–Kier alpha value is -3.54. The molecule has 1 atom stereocenters. The molecule has 0 radical (unpaired) electrons. The molecule has 2 aliphatic heterocycles. The van der Waals surface area contributed by atoms with Crippen molar-refractivity contribution < 1.29 is 9.59 Å². The number of aromatic nitrogens is 2. The summed E-state index contributed by atoms with van der Waals surface area (Å²) in [5.41, 5.74) is 5.82. The first kappa shape index (κ1) is 22.3. The molecule has 6 nitrogen and oxygen atoms in total. The van der Waals surface area contributed by atoms with Crippen LogP contribution in [0.25, 0.3) is 11.1 Å². The Kier molecular flexibility index (Phi) is 6.14. The van der Waals surface area contributed by atoms with E-state index in [-0.39, 0.29) is 17.7 Å². The van der Waals surface area contributed by atoms with Crippen LogP contribution in [-0.4, -0.2) is 46.3 Å². The van der Waals surface area contributed by atoms with E-state index in [1.807, 2.05) is 42.3 Å². The zero-order chi connectivity index (χ0) is 23.7.